The molecular formula is C21H22ClN5O4S2. The van der Waals surface area contributed by atoms with Crippen LogP contribution in [-0.4, -0.2) is 52.7 Å². The molecule has 1 aliphatic rings. The van der Waals surface area contributed by atoms with Crippen molar-refractivity contribution < 1.29 is 13.3 Å². The highest BCUT2D eigenvalue weighted by Crippen LogP contribution is 2.31. The van der Waals surface area contributed by atoms with Crippen molar-refractivity contribution in [2.75, 3.05) is 24.5 Å². The Labute approximate surface area is 201 Å². The van der Waals surface area contributed by atoms with Gasteiger partial charge >= 0.3 is 0 Å². The average molecular weight is 508 g/mol. The highest BCUT2D eigenvalue weighted by Gasteiger charge is 2.35. The molecule has 4 rings (SSSR count). The van der Waals surface area contributed by atoms with E-state index >= 15 is 0 Å². The molecule has 9 nitrogen and oxygen atoms in total. The second kappa shape index (κ2) is 9.34. The van der Waals surface area contributed by atoms with Gasteiger partial charge < -0.3 is 4.90 Å². The van der Waals surface area contributed by atoms with Crippen LogP contribution in [-0.2, 0) is 16.4 Å². The monoisotopic (exact) mass is 507 g/mol. The lowest BCUT2D eigenvalue weighted by Gasteiger charge is -2.38. The van der Waals surface area contributed by atoms with Gasteiger partial charge in [0.15, 0.2) is 0 Å². The number of halogens is 1. The molecule has 1 fully saturated rings. The molecule has 174 valence electrons. The number of hydrogen-bond acceptors (Lipinski definition) is 8. The number of rotatable bonds is 6. The number of nitrogens with zero attached hydrogens (tertiary/aromatic N) is 5. The van der Waals surface area contributed by atoms with Gasteiger partial charge in [-0.05, 0) is 31.5 Å². The summed E-state index contributed by atoms with van der Waals surface area (Å²) in [6.45, 7) is 4.96. The van der Waals surface area contributed by atoms with Gasteiger partial charge in [0.25, 0.3) is 5.69 Å². The van der Waals surface area contributed by atoms with Gasteiger partial charge in [-0.2, -0.15) is 8.68 Å². The van der Waals surface area contributed by atoms with Crippen molar-refractivity contribution >= 4 is 44.0 Å². The van der Waals surface area contributed by atoms with Gasteiger partial charge in [0.2, 0.25) is 15.2 Å². The molecule has 3 aromatic rings. The summed E-state index contributed by atoms with van der Waals surface area (Å²) < 4.78 is 32.2. The standard InChI is InChI=1S/C21H22ClN5O4S2/c1-14-3-5-16(6-4-14)11-20-23-21(32-24-20)25-9-10-26(15(2)13-25)33(30,31)17-7-8-18(22)19(12-17)27(28)29/h3-8,12,15H,9-11,13H2,1-2H3. The first-order chi connectivity index (χ1) is 15.6. The van der Waals surface area contributed by atoms with E-state index in [0.29, 0.717) is 19.5 Å². The summed E-state index contributed by atoms with van der Waals surface area (Å²) >= 11 is 7.13. The van der Waals surface area contributed by atoms with Gasteiger partial charge in [0.1, 0.15) is 10.8 Å². The lowest BCUT2D eigenvalue weighted by molar-refractivity contribution is -0.384. The zero-order chi connectivity index (χ0) is 23.8. The normalized spacial score (nSPS) is 17.3. The summed E-state index contributed by atoms with van der Waals surface area (Å²) in [6.07, 6.45) is 0.635. The molecule has 1 saturated heterocycles. The van der Waals surface area contributed by atoms with E-state index in [1.54, 1.807) is 0 Å². The minimum absolute atomic E-state index is 0.102. The number of nitro groups is 1. The van der Waals surface area contributed by atoms with Crippen LogP contribution in [0.1, 0.15) is 23.9 Å². The van der Waals surface area contributed by atoms with E-state index in [1.165, 1.54) is 33.5 Å². The second-order valence-electron chi connectivity index (χ2n) is 7.94. The Morgan fingerprint density at radius 1 is 1.21 bits per heavy atom. The van der Waals surface area contributed by atoms with Crippen LogP contribution in [0, 0.1) is 17.0 Å². The van der Waals surface area contributed by atoms with Crippen LogP contribution in [0.4, 0.5) is 10.8 Å². The summed E-state index contributed by atoms with van der Waals surface area (Å²) in [5.74, 6) is 0.732. The molecule has 1 aliphatic heterocycles. The third-order valence-corrected chi connectivity index (χ3v) is 8.64. The van der Waals surface area contributed by atoms with Crippen molar-refractivity contribution in [3.05, 3.63) is 74.6 Å². The number of piperazine rings is 1. The zero-order valence-electron chi connectivity index (χ0n) is 18.0. The first-order valence-corrected chi connectivity index (χ1v) is 12.8. The third-order valence-electron chi connectivity index (χ3n) is 5.50. The van der Waals surface area contributed by atoms with Gasteiger partial charge in [-0.15, -0.1) is 0 Å². The minimum atomic E-state index is -3.92. The molecule has 1 atom stereocenters. The number of hydrogen-bond donors (Lipinski definition) is 0. The van der Waals surface area contributed by atoms with Gasteiger partial charge in [0.05, 0.1) is 9.82 Å². The van der Waals surface area contributed by atoms with Crippen molar-refractivity contribution in [3.63, 3.8) is 0 Å². The largest absolute Gasteiger partial charge is 0.344 e. The Morgan fingerprint density at radius 2 is 1.94 bits per heavy atom. The van der Waals surface area contributed by atoms with E-state index in [2.05, 4.69) is 33.6 Å². The predicted molar refractivity (Wildman–Crippen MR) is 128 cm³/mol. The number of sulfonamides is 1. The highest BCUT2D eigenvalue weighted by molar-refractivity contribution is 7.89. The Balaban J connectivity index is 1.47. The summed E-state index contributed by atoms with van der Waals surface area (Å²) in [7, 11) is -3.92. The fraction of sp³-hybridized carbons (Fsp3) is 0.333. The van der Waals surface area contributed by atoms with Crippen LogP contribution in [0.2, 0.25) is 5.02 Å². The molecule has 1 unspecified atom stereocenters. The predicted octanol–water partition coefficient (Wildman–Crippen LogP) is 3.90. The van der Waals surface area contributed by atoms with Crippen LogP contribution in [0.5, 0.6) is 0 Å². The minimum Gasteiger partial charge on any atom is -0.344 e. The SMILES string of the molecule is Cc1ccc(Cc2nsc(N3CCN(S(=O)(=O)c4ccc(Cl)c([N+](=O)[O-])c4)C(C)C3)n2)cc1. The topological polar surface area (TPSA) is 110 Å². The fourth-order valence-electron chi connectivity index (χ4n) is 3.73. The number of benzene rings is 2. The quantitative estimate of drug-likeness (QED) is 0.367. The van der Waals surface area contributed by atoms with Crippen LogP contribution < -0.4 is 4.90 Å². The molecular weight excluding hydrogens is 486 g/mol. The van der Waals surface area contributed by atoms with Crippen LogP contribution in [0.3, 0.4) is 0 Å². The molecule has 0 amide bonds. The van der Waals surface area contributed by atoms with Gasteiger partial charge in [-0.1, -0.05) is 41.4 Å². The Hall–Kier alpha value is -2.60. The van der Waals surface area contributed by atoms with E-state index in [9.17, 15) is 18.5 Å². The molecule has 12 heteroatoms. The van der Waals surface area contributed by atoms with E-state index in [4.69, 9.17) is 11.6 Å². The maximum absolute atomic E-state index is 13.2. The average Bonchev–Trinajstić information content (AvgIpc) is 3.23. The van der Waals surface area contributed by atoms with E-state index in [1.807, 2.05) is 18.7 Å². The summed E-state index contributed by atoms with van der Waals surface area (Å²) in [5, 5.41) is 11.8. The maximum Gasteiger partial charge on any atom is 0.289 e. The second-order valence-corrected chi connectivity index (χ2v) is 11.0. The van der Waals surface area contributed by atoms with E-state index in [-0.39, 0.29) is 22.5 Å². The summed E-state index contributed by atoms with van der Waals surface area (Å²) in [5.41, 5.74) is 1.89. The van der Waals surface area contributed by atoms with E-state index in [0.717, 1.165) is 22.6 Å². The van der Waals surface area contributed by atoms with Crippen molar-refractivity contribution in [2.24, 2.45) is 0 Å². The smallest absolute Gasteiger partial charge is 0.289 e. The van der Waals surface area contributed by atoms with Crippen LogP contribution >= 0.6 is 23.1 Å². The molecule has 0 saturated carbocycles. The summed E-state index contributed by atoms with van der Waals surface area (Å²) in [6, 6.07) is 11.4. The van der Waals surface area contributed by atoms with Crippen molar-refractivity contribution in [1.29, 1.82) is 0 Å². The number of aromatic nitrogens is 2. The van der Waals surface area contributed by atoms with Gasteiger partial charge in [-0.25, -0.2) is 13.4 Å². The Morgan fingerprint density at radius 3 is 2.61 bits per heavy atom. The van der Waals surface area contributed by atoms with E-state index < -0.39 is 20.6 Å². The first kappa shape index (κ1) is 23.6. The molecule has 0 N–H and O–H groups in total. The fourth-order valence-corrected chi connectivity index (χ4v) is 6.27. The maximum atomic E-state index is 13.2. The van der Waals surface area contributed by atoms with Gasteiger partial charge in [-0.3, -0.25) is 10.1 Å². The van der Waals surface area contributed by atoms with Crippen molar-refractivity contribution in [3.8, 4) is 0 Å². The first-order valence-electron chi connectivity index (χ1n) is 10.2. The molecule has 0 aliphatic carbocycles. The molecule has 0 bridgehead atoms. The Bertz CT molecular complexity index is 1280. The molecule has 0 spiro atoms. The molecule has 33 heavy (non-hydrogen) atoms. The lowest BCUT2D eigenvalue weighted by Crippen LogP contribution is -2.54. The third kappa shape index (κ3) is 5.01. The molecule has 2 heterocycles. The lowest BCUT2D eigenvalue weighted by atomic mass is 10.1. The molecule has 0 radical (unpaired) electrons. The highest BCUT2D eigenvalue weighted by atomic mass is 35.5. The van der Waals surface area contributed by atoms with Crippen molar-refractivity contribution in [2.45, 2.75) is 31.2 Å². The molecule has 2 aromatic carbocycles. The Kier molecular flexibility index (Phi) is 6.66. The van der Waals surface area contributed by atoms with Crippen LogP contribution in [0.25, 0.3) is 0 Å². The number of nitro benzene ring substituents is 1. The molecule has 1 aromatic heterocycles. The number of aryl methyl sites for hydroxylation is 1. The van der Waals surface area contributed by atoms with Gasteiger partial charge in [0, 0.05) is 49.7 Å². The number of anilines is 1. The zero-order valence-corrected chi connectivity index (χ0v) is 20.4. The van der Waals surface area contributed by atoms with Crippen LogP contribution in [0.15, 0.2) is 47.4 Å². The van der Waals surface area contributed by atoms with Crippen molar-refractivity contribution in [1.82, 2.24) is 13.7 Å². The summed E-state index contributed by atoms with van der Waals surface area (Å²) in [4.78, 5) is 17.0.